The molecule has 0 rings (SSSR count). The molecule has 0 aliphatic carbocycles. The highest BCUT2D eigenvalue weighted by atomic mass is 16.3. The van der Waals surface area contributed by atoms with Gasteiger partial charge in [-0.3, -0.25) is 0 Å². The molecule has 0 bridgehead atoms. The SMILES string of the molecule is C=C(O)/C(O)=C(\C)O. The van der Waals surface area contributed by atoms with Crippen LogP contribution in [0.2, 0.25) is 0 Å². The van der Waals surface area contributed by atoms with E-state index in [1.807, 2.05) is 0 Å². The molecule has 0 fully saturated rings. The van der Waals surface area contributed by atoms with Crippen LogP contribution in [-0.2, 0) is 0 Å². The van der Waals surface area contributed by atoms with Crippen LogP contribution in [0.3, 0.4) is 0 Å². The van der Waals surface area contributed by atoms with Crippen LogP contribution in [0.1, 0.15) is 6.92 Å². The smallest absolute Gasteiger partial charge is 0.194 e. The van der Waals surface area contributed by atoms with E-state index in [2.05, 4.69) is 6.58 Å². The van der Waals surface area contributed by atoms with Gasteiger partial charge in [-0.2, -0.15) is 0 Å². The first-order valence-corrected chi connectivity index (χ1v) is 2.02. The van der Waals surface area contributed by atoms with Gasteiger partial charge >= 0.3 is 0 Å². The molecule has 0 aliphatic heterocycles. The Bertz CT molecular complexity index is 131. The van der Waals surface area contributed by atoms with Gasteiger partial charge in [0.05, 0.1) is 0 Å². The third-order valence-electron chi connectivity index (χ3n) is 0.616. The summed E-state index contributed by atoms with van der Waals surface area (Å²) in [6.45, 7) is 4.21. The molecule has 0 aromatic rings. The third-order valence-corrected chi connectivity index (χ3v) is 0.616. The first kappa shape index (κ1) is 6.88. The fourth-order valence-electron chi connectivity index (χ4n) is 0.209. The van der Waals surface area contributed by atoms with Crippen LogP contribution >= 0.6 is 0 Å². The molecule has 0 aromatic heterocycles. The van der Waals surface area contributed by atoms with Crippen LogP contribution in [0.4, 0.5) is 0 Å². The molecule has 3 heteroatoms. The van der Waals surface area contributed by atoms with Gasteiger partial charge in [-0.05, 0) is 6.92 Å². The average molecular weight is 116 g/mol. The van der Waals surface area contributed by atoms with E-state index >= 15 is 0 Å². The minimum atomic E-state index is -0.565. The Morgan fingerprint density at radius 1 is 1.25 bits per heavy atom. The molecule has 0 heterocycles. The molecule has 0 spiro atoms. The lowest BCUT2D eigenvalue weighted by Crippen LogP contribution is -1.88. The zero-order valence-corrected chi connectivity index (χ0v) is 4.55. The molecule has 0 atom stereocenters. The Kier molecular flexibility index (Phi) is 1.94. The summed E-state index contributed by atoms with van der Waals surface area (Å²) in [4.78, 5) is 0. The Labute approximate surface area is 47.2 Å². The fourth-order valence-corrected chi connectivity index (χ4v) is 0.209. The molecule has 0 saturated carbocycles. The van der Waals surface area contributed by atoms with Crippen molar-refractivity contribution in [2.45, 2.75) is 6.92 Å². The summed E-state index contributed by atoms with van der Waals surface area (Å²) in [5, 5.41) is 25.2. The van der Waals surface area contributed by atoms with Crippen LogP contribution in [0.25, 0.3) is 0 Å². The topological polar surface area (TPSA) is 60.7 Å². The second kappa shape index (κ2) is 2.26. The van der Waals surface area contributed by atoms with Gasteiger partial charge < -0.3 is 15.3 Å². The summed E-state index contributed by atoms with van der Waals surface area (Å²) >= 11 is 0. The predicted octanol–water partition coefficient (Wildman–Crippen LogP) is 1.41. The molecule has 46 valence electrons. The first-order valence-electron chi connectivity index (χ1n) is 2.02. The van der Waals surface area contributed by atoms with Gasteiger partial charge in [0.2, 0.25) is 0 Å². The summed E-state index contributed by atoms with van der Waals surface area (Å²) in [6, 6.07) is 0. The van der Waals surface area contributed by atoms with Gasteiger partial charge in [-0.1, -0.05) is 6.58 Å². The second-order valence-corrected chi connectivity index (χ2v) is 1.38. The number of allylic oxidation sites excluding steroid dienone is 1. The van der Waals surface area contributed by atoms with Crippen molar-refractivity contribution >= 4 is 0 Å². The first-order chi connectivity index (χ1) is 3.55. The quantitative estimate of drug-likeness (QED) is 0.358. The van der Waals surface area contributed by atoms with Crippen molar-refractivity contribution in [2.75, 3.05) is 0 Å². The van der Waals surface area contributed by atoms with Crippen LogP contribution in [-0.4, -0.2) is 15.3 Å². The van der Waals surface area contributed by atoms with Gasteiger partial charge in [0.25, 0.3) is 0 Å². The van der Waals surface area contributed by atoms with Gasteiger partial charge in [-0.25, -0.2) is 0 Å². The maximum atomic E-state index is 8.48. The molecule has 0 aromatic carbocycles. The fraction of sp³-hybridized carbons (Fsp3) is 0.200. The number of hydrogen-bond acceptors (Lipinski definition) is 3. The standard InChI is InChI=1S/C5H8O3/c1-3(6)5(8)4(2)7/h6-8H,1H2,2H3/b5-4-. The van der Waals surface area contributed by atoms with Crippen LogP contribution in [0, 0.1) is 0 Å². The van der Waals surface area contributed by atoms with E-state index in [-0.39, 0.29) is 5.76 Å². The van der Waals surface area contributed by atoms with Gasteiger partial charge in [-0.15, -0.1) is 0 Å². The maximum absolute atomic E-state index is 8.48. The number of rotatable bonds is 1. The van der Waals surface area contributed by atoms with E-state index in [0.717, 1.165) is 0 Å². The molecular weight excluding hydrogens is 108 g/mol. The van der Waals surface area contributed by atoms with E-state index in [9.17, 15) is 0 Å². The van der Waals surface area contributed by atoms with E-state index in [4.69, 9.17) is 15.3 Å². The minimum Gasteiger partial charge on any atom is -0.509 e. The summed E-state index contributed by atoms with van der Waals surface area (Å²) in [7, 11) is 0. The number of aliphatic hydroxyl groups excluding tert-OH is 3. The molecule has 3 N–H and O–H groups in total. The Morgan fingerprint density at radius 3 is 1.62 bits per heavy atom. The highest BCUT2D eigenvalue weighted by molar-refractivity contribution is 5.15. The molecule has 0 radical (unpaired) electrons. The van der Waals surface area contributed by atoms with Crippen molar-refractivity contribution in [1.29, 1.82) is 0 Å². The molecule has 8 heavy (non-hydrogen) atoms. The molecule has 0 aliphatic rings. The molecule has 3 nitrogen and oxygen atoms in total. The van der Waals surface area contributed by atoms with Crippen molar-refractivity contribution in [3.8, 4) is 0 Å². The zero-order valence-electron chi connectivity index (χ0n) is 4.55. The highest BCUT2D eigenvalue weighted by Gasteiger charge is 1.98. The van der Waals surface area contributed by atoms with Crippen LogP contribution in [0.15, 0.2) is 23.9 Å². The molecule has 0 saturated heterocycles. The maximum Gasteiger partial charge on any atom is 0.194 e. The predicted molar refractivity (Wildman–Crippen MR) is 29.7 cm³/mol. The molecule has 0 amide bonds. The van der Waals surface area contributed by atoms with Gasteiger partial charge in [0.15, 0.2) is 11.5 Å². The van der Waals surface area contributed by atoms with E-state index in [0.29, 0.717) is 0 Å². The normalized spacial score (nSPS) is 12.6. The Balaban J connectivity index is 4.23. The Hall–Kier alpha value is -1.12. The lowest BCUT2D eigenvalue weighted by Gasteiger charge is -1.95. The van der Waals surface area contributed by atoms with Crippen molar-refractivity contribution in [3.05, 3.63) is 23.9 Å². The van der Waals surface area contributed by atoms with E-state index in [1.165, 1.54) is 6.92 Å². The third kappa shape index (κ3) is 1.55. The van der Waals surface area contributed by atoms with Gasteiger partial charge in [0, 0.05) is 0 Å². The van der Waals surface area contributed by atoms with Crippen molar-refractivity contribution in [1.82, 2.24) is 0 Å². The Morgan fingerprint density at radius 2 is 1.62 bits per heavy atom. The summed E-state index contributed by atoms with van der Waals surface area (Å²) in [6.07, 6.45) is 0. The van der Waals surface area contributed by atoms with Crippen molar-refractivity contribution in [3.63, 3.8) is 0 Å². The minimum absolute atomic E-state index is 0.336. The number of hydrogen-bond donors (Lipinski definition) is 3. The largest absolute Gasteiger partial charge is 0.509 e. The molecule has 0 unspecified atom stereocenters. The van der Waals surface area contributed by atoms with Crippen molar-refractivity contribution in [2.24, 2.45) is 0 Å². The highest BCUT2D eigenvalue weighted by Crippen LogP contribution is 2.02. The molecular formula is C5H8O3. The summed E-state index contributed by atoms with van der Waals surface area (Å²) < 4.78 is 0. The van der Waals surface area contributed by atoms with E-state index in [1.54, 1.807) is 0 Å². The van der Waals surface area contributed by atoms with Crippen molar-refractivity contribution < 1.29 is 15.3 Å². The van der Waals surface area contributed by atoms with E-state index < -0.39 is 11.5 Å². The van der Waals surface area contributed by atoms with Crippen LogP contribution in [0.5, 0.6) is 0 Å². The number of aliphatic hydroxyl groups is 3. The monoisotopic (exact) mass is 116 g/mol. The lowest BCUT2D eigenvalue weighted by molar-refractivity contribution is 0.286. The lowest BCUT2D eigenvalue weighted by atomic mass is 10.4. The summed E-state index contributed by atoms with van der Waals surface area (Å²) in [5.41, 5.74) is 0. The summed E-state index contributed by atoms with van der Waals surface area (Å²) in [5.74, 6) is -1.42. The average Bonchev–Trinajstić information content (AvgIpc) is 1.64. The van der Waals surface area contributed by atoms with Crippen LogP contribution < -0.4 is 0 Å². The van der Waals surface area contributed by atoms with Gasteiger partial charge in [0.1, 0.15) is 5.76 Å². The second-order valence-electron chi connectivity index (χ2n) is 1.38. The zero-order chi connectivity index (χ0) is 6.73.